The van der Waals surface area contributed by atoms with E-state index in [1.165, 1.54) is 22.4 Å². The first-order valence-electron chi connectivity index (χ1n) is 5.95. The highest BCUT2D eigenvalue weighted by Crippen LogP contribution is 2.28. The fraction of sp³-hybridized carbons (Fsp3) is 0.571. The molecule has 3 heteroatoms. The Balaban J connectivity index is 2.99. The van der Waals surface area contributed by atoms with Gasteiger partial charge in [0.2, 0.25) is 0 Å². The van der Waals surface area contributed by atoms with Gasteiger partial charge >= 0.3 is 0 Å². The van der Waals surface area contributed by atoms with Crippen LogP contribution in [0.3, 0.4) is 0 Å². The SMILES string of the molecule is CNC(CCSC)c1cc(C)c(OC)cc1C. The minimum Gasteiger partial charge on any atom is -0.496 e. The average Bonchev–Trinajstić information content (AvgIpc) is 2.33. The standard InChI is InChI=1S/C14H23NOS/c1-10-9-14(16-4)11(2)8-12(10)13(15-3)6-7-17-5/h8-9,13,15H,6-7H2,1-5H3. The van der Waals surface area contributed by atoms with E-state index in [0.717, 1.165) is 12.2 Å². The van der Waals surface area contributed by atoms with Crippen molar-refractivity contribution in [2.75, 3.05) is 26.2 Å². The topological polar surface area (TPSA) is 21.3 Å². The molecule has 17 heavy (non-hydrogen) atoms. The largest absolute Gasteiger partial charge is 0.496 e. The molecule has 0 spiro atoms. The van der Waals surface area contributed by atoms with Crippen LogP contribution in [0.2, 0.25) is 0 Å². The molecule has 0 radical (unpaired) electrons. The van der Waals surface area contributed by atoms with Crippen molar-refractivity contribution in [1.29, 1.82) is 0 Å². The quantitative estimate of drug-likeness (QED) is 0.840. The van der Waals surface area contributed by atoms with Crippen molar-refractivity contribution in [1.82, 2.24) is 5.32 Å². The highest BCUT2D eigenvalue weighted by Gasteiger charge is 2.13. The van der Waals surface area contributed by atoms with Crippen LogP contribution < -0.4 is 10.1 Å². The van der Waals surface area contributed by atoms with Crippen LogP contribution in [0.25, 0.3) is 0 Å². The summed E-state index contributed by atoms with van der Waals surface area (Å²) in [6, 6.07) is 4.82. The van der Waals surface area contributed by atoms with Gasteiger partial charge in [0.1, 0.15) is 5.75 Å². The summed E-state index contributed by atoms with van der Waals surface area (Å²) in [5.41, 5.74) is 3.89. The lowest BCUT2D eigenvalue weighted by molar-refractivity contribution is 0.410. The van der Waals surface area contributed by atoms with Crippen molar-refractivity contribution in [3.8, 4) is 5.75 Å². The molecule has 1 aromatic rings. The molecule has 1 unspecified atom stereocenters. The number of hydrogen-bond donors (Lipinski definition) is 1. The molecule has 0 heterocycles. The molecule has 0 aliphatic carbocycles. The second kappa shape index (κ2) is 6.92. The fourth-order valence-electron chi connectivity index (χ4n) is 2.10. The van der Waals surface area contributed by atoms with Crippen LogP contribution >= 0.6 is 11.8 Å². The Morgan fingerprint density at radius 1 is 1.29 bits per heavy atom. The first-order valence-corrected chi connectivity index (χ1v) is 7.34. The molecular formula is C14H23NOS. The van der Waals surface area contributed by atoms with E-state index in [-0.39, 0.29) is 0 Å². The fourth-order valence-corrected chi connectivity index (χ4v) is 2.57. The van der Waals surface area contributed by atoms with Gasteiger partial charge in [-0.25, -0.2) is 0 Å². The van der Waals surface area contributed by atoms with E-state index >= 15 is 0 Å². The van der Waals surface area contributed by atoms with Crippen LogP contribution in [-0.4, -0.2) is 26.2 Å². The highest BCUT2D eigenvalue weighted by atomic mass is 32.2. The zero-order valence-corrected chi connectivity index (χ0v) is 12.3. The van der Waals surface area contributed by atoms with Crippen molar-refractivity contribution < 1.29 is 4.74 Å². The maximum absolute atomic E-state index is 5.35. The number of benzene rings is 1. The minimum atomic E-state index is 0.437. The molecule has 1 atom stereocenters. The summed E-state index contributed by atoms with van der Waals surface area (Å²) in [6.07, 6.45) is 3.31. The number of aryl methyl sites for hydroxylation is 2. The van der Waals surface area contributed by atoms with Crippen molar-refractivity contribution in [3.63, 3.8) is 0 Å². The number of rotatable bonds is 6. The maximum Gasteiger partial charge on any atom is 0.122 e. The van der Waals surface area contributed by atoms with Crippen LogP contribution in [0, 0.1) is 13.8 Å². The molecule has 1 N–H and O–H groups in total. The first kappa shape index (κ1) is 14.4. The van der Waals surface area contributed by atoms with Crippen LogP contribution in [0.1, 0.15) is 29.2 Å². The van der Waals surface area contributed by atoms with Crippen molar-refractivity contribution in [3.05, 3.63) is 28.8 Å². The Morgan fingerprint density at radius 2 is 2.00 bits per heavy atom. The Bertz CT molecular complexity index is 365. The number of hydrogen-bond acceptors (Lipinski definition) is 3. The van der Waals surface area contributed by atoms with Gasteiger partial charge in [0.15, 0.2) is 0 Å². The number of thioether (sulfide) groups is 1. The molecular weight excluding hydrogens is 230 g/mol. The van der Waals surface area contributed by atoms with E-state index in [2.05, 4.69) is 37.6 Å². The Kier molecular flexibility index (Phi) is 5.86. The van der Waals surface area contributed by atoms with Crippen LogP contribution in [0.5, 0.6) is 5.75 Å². The van der Waals surface area contributed by atoms with Gasteiger partial charge in [-0.05, 0) is 62.1 Å². The molecule has 0 fully saturated rings. The summed E-state index contributed by atoms with van der Waals surface area (Å²) >= 11 is 1.89. The molecule has 0 saturated heterocycles. The van der Waals surface area contributed by atoms with E-state index in [9.17, 15) is 0 Å². The van der Waals surface area contributed by atoms with Crippen LogP contribution in [0.4, 0.5) is 0 Å². The lowest BCUT2D eigenvalue weighted by Gasteiger charge is -2.20. The molecule has 1 rings (SSSR count). The van der Waals surface area contributed by atoms with E-state index in [4.69, 9.17) is 4.74 Å². The lowest BCUT2D eigenvalue weighted by Crippen LogP contribution is -2.18. The van der Waals surface area contributed by atoms with Crippen LogP contribution in [-0.2, 0) is 0 Å². The van der Waals surface area contributed by atoms with E-state index in [0.29, 0.717) is 6.04 Å². The smallest absolute Gasteiger partial charge is 0.122 e. The second-order valence-corrected chi connectivity index (χ2v) is 5.29. The third kappa shape index (κ3) is 3.65. The first-order chi connectivity index (χ1) is 8.13. The van der Waals surface area contributed by atoms with Crippen molar-refractivity contribution >= 4 is 11.8 Å². The zero-order valence-electron chi connectivity index (χ0n) is 11.5. The Hall–Kier alpha value is -0.670. The number of ether oxygens (including phenoxy) is 1. The summed E-state index contributed by atoms with van der Waals surface area (Å²) < 4.78 is 5.35. The van der Waals surface area contributed by atoms with Gasteiger partial charge in [-0.2, -0.15) is 11.8 Å². The normalized spacial score (nSPS) is 12.5. The highest BCUT2D eigenvalue weighted by molar-refractivity contribution is 7.98. The molecule has 0 aromatic heterocycles. The molecule has 1 aromatic carbocycles. The Morgan fingerprint density at radius 3 is 2.53 bits per heavy atom. The van der Waals surface area contributed by atoms with Crippen LogP contribution in [0.15, 0.2) is 12.1 Å². The molecule has 0 amide bonds. The predicted octanol–water partition coefficient (Wildman–Crippen LogP) is 3.33. The monoisotopic (exact) mass is 253 g/mol. The van der Waals surface area contributed by atoms with Gasteiger partial charge in [0, 0.05) is 6.04 Å². The van der Waals surface area contributed by atoms with Gasteiger partial charge in [-0.15, -0.1) is 0 Å². The van der Waals surface area contributed by atoms with E-state index in [1.54, 1.807) is 7.11 Å². The maximum atomic E-state index is 5.35. The molecule has 0 saturated carbocycles. The van der Waals surface area contributed by atoms with E-state index < -0.39 is 0 Å². The third-order valence-electron chi connectivity index (χ3n) is 3.12. The Labute approximate surface area is 109 Å². The summed E-state index contributed by atoms with van der Waals surface area (Å²) in [4.78, 5) is 0. The molecule has 0 bridgehead atoms. The third-order valence-corrected chi connectivity index (χ3v) is 3.76. The molecule has 0 aliphatic heterocycles. The van der Waals surface area contributed by atoms with Gasteiger partial charge in [0.05, 0.1) is 7.11 Å². The molecule has 96 valence electrons. The van der Waals surface area contributed by atoms with Gasteiger partial charge in [-0.1, -0.05) is 6.07 Å². The number of methoxy groups -OCH3 is 1. The predicted molar refractivity (Wildman–Crippen MR) is 77.3 cm³/mol. The van der Waals surface area contributed by atoms with Crippen molar-refractivity contribution in [2.24, 2.45) is 0 Å². The summed E-state index contributed by atoms with van der Waals surface area (Å²) in [5.74, 6) is 2.15. The number of nitrogens with one attached hydrogen (secondary N) is 1. The van der Waals surface area contributed by atoms with Crippen molar-refractivity contribution in [2.45, 2.75) is 26.3 Å². The summed E-state index contributed by atoms with van der Waals surface area (Å²) in [5, 5.41) is 3.40. The van der Waals surface area contributed by atoms with E-state index in [1.807, 2.05) is 18.8 Å². The molecule has 0 aliphatic rings. The van der Waals surface area contributed by atoms with Gasteiger partial charge in [0.25, 0.3) is 0 Å². The van der Waals surface area contributed by atoms with Gasteiger partial charge < -0.3 is 10.1 Å². The summed E-state index contributed by atoms with van der Waals surface area (Å²) in [7, 11) is 3.76. The summed E-state index contributed by atoms with van der Waals surface area (Å²) in [6.45, 7) is 4.25. The zero-order chi connectivity index (χ0) is 12.8. The lowest BCUT2D eigenvalue weighted by atomic mass is 9.96. The molecule has 2 nitrogen and oxygen atoms in total. The second-order valence-electron chi connectivity index (χ2n) is 4.30. The minimum absolute atomic E-state index is 0.437. The van der Waals surface area contributed by atoms with Gasteiger partial charge in [-0.3, -0.25) is 0 Å². The average molecular weight is 253 g/mol.